The van der Waals surface area contributed by atoms with E-state index in [2.05, 4.69) is 20.6 Å². The second-order valence-corrected chi connectivity index (χ2v) is 30.2. The molecule has 644 valence electrons. The first-order valence-corrected chi connectivity index (χ1v) is 40.7. The molecule has 11 aromatic rings. The van der Waals surface area contributed by atoms with Gasteiger partial charge in [0.1, 0.15) is 82.2 Å². The number of fused-ring (bicyclic) bond motifs is 3. The minimum absolute atomic E-state index is 0.0140. The van der Waals surface area contributed by atoms with Gasteiger partial charge in [0.2, 0.25) is 17.7 Å². The number of piperidine rings is 3. The number of phenolic OH excluding ortho intramolecular Hbond substituents is 1. The molecule has 0 atom stereocenters. The van der Waals surface area contributed by atoms with E-state index in [1.54, 1.807) is 88.9 Å². The number of benzene rings is 8. The molecule has 124 heavy (non-hydrogen) atoms. The van der Waals surface area contributed by atoms with Gasteiger partial charge in [0.05, 0.1) is 18.8 Å². The SMILES string of the molecule is CC(=O)N1CCC(OC(=O)c2cc(C(=O)O)c3cc(Cc4ccc(F)cc4)cnc3c2OCc2ccccc2)CC1.COCCNC(=O)c1cc(C(=O)OC2CCN(C(C)=O)CC2)c(O)c2ncc(Cc3ccc(F)cc3)cc12.COCCNC(=O)c1cc(C(=O)OC2CCN(C(C)=O)CC2)c(OCc2ccccc2)c2ncc(Cc3ccc(F)cc3)cc12. The number of pyridine rings is 3. The highest BCUT2D eigenvalue weighted by Crippen LogP contribution is 2.39. The number of halogens is 3. The van der Waals surface area contributed by atoms with Gasteiger partial charge in [0.15, 0.2) is 17.2 Å². The number of hydrogen-bond donors (Lipinski definition) is 4. The number of nitrogens with one attached hydrogen (secondary N) is 2. The standard InChI is InChI=1S/C35H36FN3O6.C32H29FN2O6.C28H30FN3O6/c1-23(40)39-15-12-28(13-16-39)45-35(42)31-20-30(34(41)37-14-17-43-2)29-19-26(18-24-8-10-27(36)11-9-24)21-38-32(29)33(31)44-22-25-6-4-3-5-7-25;1-20(36)35-13-11-25(12-14-35)41-32(39)28-17-27(31(37)38)26-16-23(15-21-7-9-24(33)10-8-21)18-34-29(26)30(28)40-19-22-5-3-2-4-6-22;1-17(33)32-10-7-21(8-11-32)38-28(36)24-15-23(27(35)30-9-12-37-2)22-14-19(16-31-25(22)26(24)34)13-18-3-5-20(29)6-4-18/h3-11,19-21,28H,12-18,22H2,1-2H3,(H,37,41);2-10,16-18,25H,11-15,19H2,1H3,(H,37,38);3-6,14-16,21,34H,7-13H2,1-2H3,(H,30,35). The Kier molecular flexibility index (Phi) is 30.9. The highest BCUT2D eigenvalue weighted by Gasteiger charge is 2.33. The van der Waals surface area contributed by atoms with Crippen molar-refractivity contribution < 1.29 is 99.7 Å². The molecule has 29 heteroatoms. The first-order valence-electron chi connectivity index (χ1n) is 40.7. The highest BCUT2D eigenvalue weighted by molar-refractivity contribution is 6.14. The van der Waals surface area contributed by atoms with Crippen molar-refractivity contribution in [2.45, 2.75) is 110 Å². The van der Waals surface area contributed by atoms with Crippen LogP contribution in [0.2, 0.25) is 0 Å². The Labute approximate surface area is 713 Å². The Morgan fingerprint density at radius 1 is 0.387 bits per heavy atom. The van der Waals surface area contributed by atoms with Crippen LogP contribution in [-0.2, 0) is 70.5 Å². The summed E-state index contributed by atoms with van der Waals surface area (Å²) in [6, 6.07) is 46.6. The lowest BCUT2D eigenvalue weighted by Crippen LogP contribution is -2.40. The molecule has 3 saturated heterocycles. The minimum atomic E-state index is -1.23. The van der Waals surface area contributed by atoms with E-state index in [4.69, 9.17) is 38.1 Å². The van der Waals surface area contributed by atoms with Crippen molar-refractivity contribution in [2.24, 2.45) is 0 Å². The van der Waals surface area contributed by atoms with Gasteiger partial charge in [-0.3, -0.25) is 38.9 Å². The average Bonchev–Trinajstić information content (AvgIpc) is 0.701. The van der Waals surface area contributed by atoms with Crippen molar-refractivity contribution in [1.82, 2.24) is 40.3 Å². The maximum atomic E-state index is 13.8. The number of amides is 5. The normalized spacial score (nSPS) is 13.7. The van der Waals surface area contributed by atoms with Crippen LogP contribution < -0.4 is 20.1 Å². The van der Waals surface area contributed by atoms with E-state index in [9.17, 15) is 66.5 Å². The molecular weight excluding hydrogens is 1600 g/mol. The van der Waals surface area contributed by atoms with E-state index in [0.29, 0.717) is 138 Å². The van der Waals surface area contributed by atoms with Crippen LogP contribution >= 0.6 is 0 Å². The molecule has 3 aliphatic heterocycles. The number of aromatic carboxylic acids is 1. The molecule has 3 aliphatic rings. The van der Waals surface area contributed by atoms with Gasteiger partial charge in [-0.2, -0.15) is 0 Å². The lowest BCUT2D eigenvalue weighted by Gasteiger charge is -2.31. The maximum absolute atomic E-state index is 13.8. The summed E-state index contributed by atoms with van der Waals surface area (Å²) in [6.07, 6.45) is 7.81. The Morgan fingerprint density at radius 2 is 0.694 bits per heavy atom. The molecular formula is C95H95F3N8O18. The highest BCUT2D eigenvalue weighted by atomic mass is 19.1. The van der Waals surface area contributed by atoms with Crippen LogP contribution in [0.4, 0.5) is 13.2 Å². The molecule has 4 N–H and O–H groups in total. The molecule has 3 aromatic heterocycles. The first-order chi connectivity index (χ1) is 59.9. The maximum Gasteiger partial charge on any atom is 0.342 e. The smallest absolute Gasteiger partial charge is 0.342 e. The summed E-state index contributed by atoms with van der Waals surface area (Å²) < 4.78 is 80.1. The van der Waals surface area contributed by atoms with E-state index < -0.39 is 54.0 Å². The fourth-order valence-corrected chi connectivity index (χ4v) is 14.7. The zero-order valence-electron chi connectivity index (χ0n) is 69.2. The molecule has 0 saturated carbocycles. The molecule has 6 heterocycles. The van der Waals surface area contributed by atoms with E-state index in [1.807, 2.05) is 66.7 Å². The molecule has 0 unspecified atom stereocenters. The summed E-state index contributed by atoms with van der Waals surface area (Å²) in [4.78, 5) is 133. The van der Waals surface area contributed by atoms with Crippen molar-refractivity contribution >= 4 is 86.1 Å². The number of hydrogen-bond acceptors (Lipinski definition) is 20. The van der Waals surface area contributed by atoms with Gasteiger partial charge < -0.3 is 68.7 Å². The van der Waals surface area contributed by atoms with Crippen LogP contribution in [0.25, 0.3) is 32.7 Å². The van der Waals surface area contributed by atoms with Gasteiger partial charge in [0.25, 0.3) is 11.8 Å². The lowest BCUT2D eigenvalue weighted by atomic mass is 9.98. The number of carbonyl (C=O) groups is 9. The Hall–Kier alpha value is -13.7. The van der Waals surface area contributed by atoms with E-state index in [0.717, 1.165) is 38.9 Å². The van der Waals surface area contributed by atoms with Gasteiger partial charge in [-0.15, -0.1) is 0 Å². The third kappa shape index (κ3) is 23.7. The van der Waals surface area contributed by atoms with Gasteiger partial charge in [-0.05, 0) is 137 Å². The van der Waals surface area contributed by atoms with E-state index in [1.165, 1.54) is 82.5 Å². The fraction of sp³-hybridized carbons (Fsp3) is 0.305. The zero-order valence-corrected chi connectivity index (χ0v) is 69.2. The van der Waals surface area contributed by atoms with E-state index >= 15 is 0 Å². The second kappa shape index (κ2) is 42.7. The molecule has 26 nitrogen and oxygen atoms in total. The number of carboxylic acid groups (broad SMARTS) is 1. The number of likely N-dealkylation sites (tertiary alicyclic amines) is 3. The number of nitrogens with zero attached hydrogens (tertiary/aromatic N) is 6. The molecule has 0 spiro atoms. The van der Waals surface area contributed by atoms with Crippen LogP contribution in [0, 0.1) is 17.5 Å². The third-order valence-electron chi connectivity index (χ3n) is 21.4. The van der Waals surface area contributed by atoms with Crippen LogP contribution in [0.15, 0.2) is 188 Å². The summed E-state index contributed by atoms with van der Waals surface area (Å²) in [5.41, 5.74) is 7.36. The zero-order chi connectivity index (χ0) is 87.9. The quantitative estimate of drug-likeness (QED) is 0.0211. The van der Waals surface area contributed by atoms with E-state index in [-0.39, 0.29) is 123 Å². The Bertz CT molecular complexity index is 5670. The lowest BCUT2D eigenvalue weighted by molar-refractivity contribution is -0.131. The van der Waals surface area contributed by atoms with Crippen LogP contribution in [-0.4, -0.2) is 191 Å². The van der Waals surface area contributed by atoms with Crippen LogP contribution in [0.1, 0.15) is 166 Å². The number of carbonyl (C=O) groups excluding carboxylic acids is 8. The fourth-order valence-electron chi connectivity index (χ4n) is 14.7. The molecule has 0 aliphatic carbocycles. The summed E-state index contributed by atoms with van der Waals surface area (Å²) in [5.74, 6) is -5.34. The second-order valence-electron chi connectivity index (χ2n) is 30.2. The van der Waals surface area contributed by atoms with Crippen molar-refractivity contribution in [3.05, 3.63) is 284 Å². The molecule has 0 radical (unpaired) electrons. The average molecular weight is 1690 g/mol. The molecule has 5 amide bonds. The number of phenols is 1. The number of ether oxygens (including phenoxy) is 7. The Morgan fingerprint density at radius 3 is 1.02 bits per heavy atom. The largest absolute Gasteiger partial charge is 0.505 e. The molecule has 14 rings (SSSR count). The summed E-state index contributed by atoms with van der Waals surface area (Å²) in [7, 11) is 3.06. The topological polar surface area (TPSA) is 331 Å². The number of aromatic nitrogens is 3. The number of methoxy groups -OCH3 is 2. The number of aromatic hydroxyl groups is 1. The van der Waals surface area contributed by atoms with Crippen molar-refractivity contribution in [3.8, 4) is 17.2 Å². The molecule has 8 aromatic carbocycles. The van der Waals surface area contributed by atoms with Gasteiger partial charge >= 0.3 is 23.9 Å². The number of esters is 3. The first kappa shape index (κ1) is 89.6. The third-order valence-corrected chi connectivity index (χ3v) is 21.4. The predicted molar refractivity (Wildman–Crippen MR) is 454 cm³/mol. The Balaban J connectivity index is 0.000000170. The van der Waals surface area contributed by atoms with Gasteiger partial charge in [-0.1, -0.05) is 97.1 Å². The summed E-state index contributed by atoms with van der Waals surface area (Å²) in [5, 5.41) is 27.9. The van der Waals surface area contributed by atoms with Gasteiger partial charge in [0, 0.05) is 172 Å². The summed E-state index contributed by atoms with van der Waals surface area (Å²) >= 11 is 0. The minimum Gasteiger partial charge on any atom is -0.505 e. The van der Waals surface area contributed by atoms with Crippen LogP contribution in [0.3, 0.4) is 0 Å². The van der Waals surface area contributed by atoms with Gasteiger partial charge in [-0.25, -0.2) is 32.3 Å². The van der Waals surface area contributed by atoms with Crippen molar-refractivity contribution in [3.63, 3.8) is 0 Å². The predicted octanol–water partition coefficient (Wildman–Crippen LogP) is 13.7. The van der Waals surface area contributed by atoms with Crippen molar-refractivity contribution in [2.75, 3.05) is 79.8 Å². The summed E-state index contributed by atoms with van der Waals surface area (Å²) in [6.45, 7) is 8.80. The van der Waals surface area contributed by atoms with Crippen molar-refractivity contribution in [1.29, 1.82) is 0 Å². The van der Waals surface area contributed by atoms with Crippen LogP contribution in [0.5, 0.6) is 17.2 Å². The molecule has 0 bridgehead atoms. The number of rotatable bonds is 27. The monoisotopic (exact) mass is 1690 g/mol. The number of carboxylic acids is 1. The molecule has 3 fully saturated rings.